The number of nitrogens with zero attached hydrogens (tertiary/aromatic N) is 2. The van der Waals surface area contributed by atoms with Crippen molar-refractivity contribution in [2.45, 2.75) is 31.7 Å². The Labute approximate surface area is 122 Å². The van der Waals surface area contributed by atoms with Crippen LogP contribution in [-0.4, -0.2) is 35.7 Å². The van der Waals surface area contributed by atoms with Gasteiger partial charge in [0, 0.05) is 12.6 Å². The highest BCUT2D eigenvalue weighted by atomic mass is 16.6. The molecule has 1 aromatic carbocycles. The van der Waals surface area contributed by atoms with Crippen LogP contribution in [0.3, 0.4) is 0 Å². The normalized spacial score (nSPS) is 18.3. The summed E-state index contributed by atoms with van der Waals surface area (Å²) in [7, 11) is 1.45. The average Bonchev–Trinajstić information content (AvgIpc) is 2.46. The number of ether oxygens (including phenoxy) is 1. The van der Waals surface area contributed by atoms with Crippen LogP contribution >= 0.6 is 0 Å². The minimum Gasteiger partial charge on any atom is -0.496 e. The van der Waals surface area contributed by atoms with Gasteiger partial charge < -0.3 is 14.7 Å². The second-order valence-electron chi connectivity index (χ2n) is 5.05. The maximum Gasteiger partial charge on any atom is 0.305 e. The van der Waals surface area contributed by atoms with E-state index in [-0.39, 0.29) is 18.2 Å². The minimum atomic E-state index is -0.886. The molecule has 1 aliphatic heterocycles. The Balaban J connectivity index is 2.37. The SMILES string of the molecule is COc1ccc(N2CCCCC2CC(=O)O)c([N+](=O)[O-])c1. The van der Waals surface area contributed by atoms with Gasteiger partial charge in [0.2, 0.25) is 0 Å². The van der Waals surface area contributed by atoms with Gasteiger partial charge in [-0.3, -0.25) is 14.9 Å². The third-order valence-corrected chi connectivity index (χ3v) is 3.73. The van der Waals surface area contributed by atoms with E-state index in [4.69, 9.17) is 9.84 Å². The largest absolute Gasteiger partial charge is 0.496 e. The summed E-state index contributed by atoms with van der Waals surface area (Å²) in [5.41, 5.74) is 0.415. The van der Waals surface area contributed by atoms with E-state index in [1.54, 1.807) is 12.1 Å². The topological polar surface area (TPSA) is 92.9 Å². The summed E-state index contributed by atoms with van der Waals surface area (Å²) in [6.45, 7) is 0.630. The second kappa shape index (κ2) is 6.43. The fourth-order valence-corrected chi connectivity index (χ4v) is 2.75. The summed E-state index contributed by atoms with van der Waals surface area (Å²) < 4.78 is 5.02. The Morgan fingerprint density at radius 1 is 1.52 bits per heavy atom. The van der Waals surface area contributed by atoms with Gasteiger partial charge in [0.05, 0.1) is 24.5 Å². The Morgan fingerprint density at radius 2 is 2.29 bits per heavy atom. The lowest BCUT2D eigenvalue weighted by atomic mass is 9.98. The first kappa shape index (κ1) is 15.1. The molecule has 2 rings (SSSR count). The number of carboxylic acid groups (broad SMARTS) is 1. The molecule has 21 heavy (non-hydrogen) atoms. The predicted molar refractivity (Wildman–Crippen MR) is 76.9 cm³/mol. The molecule has 1 heterocycles. The third-order valence-electron chi connectivity index (χ3n) is 3.73. The van der Waals surface area contributed by atoms with Gasteiger partial charge >= 0.3 is 5.97 Å². The molecule has 0 amide bonds. The van der Waals surface area contributed by atoms with Crippen LogP contribution in [0.25, 0.3) is 0 Å². The summed E-state index contributed by atoms with van der Waals surface area (Å²) in [4.78, 5) is 23.6. The quantitative estimate of drug-likeness (QED) is 0.662. The van der Waals surface area contributed by atoms with Crippen molar-refractivity contribution in [3.05, 3.63) is 28.3 Å². The van der Waals surface area contributed by atoms with Crippen LogP contribution in [0.5, 0.6) is 5.75 Å². The number of methoxy groups -OCH3 is 1. The lowest BCUT2D eigenvalue weighted by Crippen LogP contribution is -2.41. The van der Waals surface area contributed by atoms with Crippen LogP contribution in [0, 0.1) is 10.1 Å². The van der Waals surface area contributed by atoms with Gasteiger partial charge in [-0.15, -0.1) is 0 Å². The molecule has 1 fully saturated rings. The molecule has 0 bridgehead atoms. The molecule has 1 aromatic rings. The van der Waals surface area contributed by atoms with Crippen molar-refractivity contribution in [3.63, 3.8) is 0 Å². The number of benzene rings is 1. The lowest BCUT2D eigenvalue weighted by molar-refractivity contribution is -0.384. The molecule has 7 nitrogen and oxygen atoms in total. The van der Waals surface area contributed by atoms with Crippen LogP contribution in [0.15, 0.2) is 18.2 Å². The molecule has 7 heteroatoms. The summed E-state index contributed by atoms with van der Waals surface area (Å²) in [6.07, 6.45) is 2.57. The van der Waals surface area contributed by atoms with Crippen LogP contribution in [-0.2, 0) is 4.79 Å². The zero-order valence-corrected chi connectivity index (χ0v) is 11.8. The fraction of sp³-hybridized carbons (Fsp3) is 0.500. The highest BCUT2D eigenvalue weighted by molar-refractivity contribution is 5.71. The van der Waals surface area contributed by atoms with Gasteiger partial charge in [-0.2, -0.15) is 0 Å². The Hall–Kier alpha value is -2.31. The molecule has 1 saturated heterocycles. The molecule has 114 valence electrons. The molecular weight excluding hydrogens is 276 g/mol. The maximum absolute atomic E-state index is 11.3. The third kappa shape index (κ3) is 3.42. The number of hydrogen-bond acceptors (Lipinski definition) is 5. The van der Waals surface area contributed by atoms with Gasteiger partial charge in [-0.25, -0.2) is 0 Å². The molecule has 0 aliphatic carbocycles. The van der Waals surface area contributed by atoms with Crippen molar-refractivity contribution >= 4 is 17.3 Å². The Kier molecular flexibility index (Phi) is 4.62. The Bertz CT molecular complexity index is 546. The molecule has 1 unspecified atom stereocenters. The minimum absolute atomic E-state index is 0.0107. The number of anilines is 1. The average molecular weight is 294 g/mol. The summed E-state index contributed by atoms with van der Waals surface area (Å²) >= 11 is 0. The van der Waals surface area contributed by atoms with E-state index in [9.17, 15) is 14.9 Å². The number of aliphatic carboxylic acids is 1. The zero-order valence-electron chi connectivity index (χ0n) is 11.8. The Morgan fingerprint density at radius 3 is 2.90 bits per heavy atom. The number of nitro benzene ring substituents is 1. The van der Waals surface area contributed by atoms with Crippen molar-refractivity contribution in [1.29, 1.82) is 0 Å². The molecule has 1 aliphatic rings. The smallest absolute Gasteiger partial charge is 0.305 e. The number of nitro groups is 1. The van der Waals surface area contributed by atoms with Crippen LogP contribution < -0.4 is 9.64 Å². The molecule has 0 spiro atoms. The lowest BCUT2D eigenvalue weighted by Gasteiger charge is -2.36. The summed E-state index contributed by atoms with van der Waals surface area (Å²) in [6, 6.07) is 4.47. The van der Waals surface area contributed by atoms with E-state index in [1.165, 1.54) is 13.2 Å². The molecule has 1 atom stereocenters. The summed E-state index contributed by atoms with van der Waals surface area (Å²) in [5.74, 6) is -0.472. The van der Waals surface area contributed by atoms with Gasteiger partial charge in [0.1, 0.15) is 11.4 Å². The number of hydrogen-bond donors (Lipinski definition) is 1. The van der Waals surface area contributed by atoms with E-state index in [0.29, 0.717) is 18.0 Å². The first-order chi connectivity index (χ1) is 10.0. The molecule has 0 saturated carbocycles. The summed E-state index contributed by atoms with van der Waals surface area (Å²) in [5, 5.41) is 20.3. The first-order valence-corrected chi connectivity index (χ1v) is 6.83. The second-order valence-corrected chi connectivity index (χ2v) is 5.05. The number of piperidine rings is 1. The van der Waals surface area contributed by atoms with E-state index in [2.05, 4.69) is 0 Å². The van der Waals surface area contributed by atoms with Crippen molar-refractivity contribution < 1.29 is 19.6 Å². The van der Waals surface area contributed by atoms with Crippen LogP contribution in [0.2, 0.25) is 0 Å². The molecular formula is C14H18N2O5. The van der Waals surface area contributed by atoms with Gasteiger partial charge in [-0.05, 0) is 31.4 Å². The molecule has 0 radical (unpaired) electrons. The molecule has 0 aromatic heterocycles. The number of rotatable bonds is 5. The highest BCUT2D eigenvalue weighted by Gasteiger charge is 2.29. The van der Waals surface area contributed by atoms with E-state index < -0.39 is 10.9 Å². The monoisotopic (exact) mass is 294 g/mol. The van der Waals surface area contributed by atoms with Gasteiger partial charge in [0.15, 0.2) is 0 Å². The number of carbonyl (C=O) groups is 1. The zero-order chi connectivity index (χ0) is 15.4. The van der Waals surface area contributed by atoms with E-state index in [0.717, 1.165) is 19.3 Å². The van der Waals surface area contributed by atoms with Crippen molar-refractivity contribution in [3.8, 4) is 5.75 Å². The first-order valence-electron chi connectivity index (χ1n) is 6.83. The van der Waals surface area contributed by atoms with Crippen LogP contribution in [0.1, 0.15) is 25.7 Å². The standard InChI is InChI=1S/C14H18N2O5/c1-21-11-5-6-12(13(9-11)16(19)20)15-7-3-2-4-10(15)8-14(17)18/h5-6,9-10H,2-4,7-8H2,1H3,(H,17,18). The van der Waals surface area contributed by atoms with Gasteiger partial charge in [-0.1, -0.05) is 0 Å². The van der Waals surface area contributed by atoms with Crippen molar-refractivity contribution in [1.82, 2.24) is 0 Å². The van der Waals surface area contributed by atoms with E-state index >= 15 is 0 Å². The van der Waals surface area contributed by atoms with Gasteiger partial charge in [0.25, 0.3) is 5.69 Å². The maximum atomic E-state index is 11.3. The van der Waals surface area contributed by atoms with Crippen molar-refractivity contribution in [2.75, 3.05) is 18.6 Å². The highest BCUT2D eigenvalue weighted by Crippen LogP contribution is 2.36. The predicted octanol–water partition coefficient (Wildman–Crippen LogP) is 2.44. The number of carboxylic acids is 1. The van der Waals surface area contributed by atoms with Crippen molar-refractivity contribution in [2.24, 2.45) is 0 Å². The fourth-order valence-electron chi connectivity index (χ4n) is 2.75. The van der Waals surface area contributed by atoms with E-state index in [1.807, 2.05) is 4.90 Å². The van der Waals surface area contributed by atoms with Crippen LogP contribution in [0.4, 0.5) is 11.4 Å². The molecule has 1 N–H and O–H groups in total.